The molecule has 1 fully saturated rings. The van der Waals surface area contributed by atoms with Gasteiger partial charge >= 0.3 is 0 Å². The summed E-state index contributed by atoms with van der Waals surface area (Å²) >= 11 is 1.29. The van der Waals surface area contributed by atoms with Crippen LogP contribution in [0.15, 0.2) is 0 Å². The molecule has 1 aliphatic rings. The Kier molecular flexibility index (Phi) is 3.64. The Morgan fingerprint density at radius 1 is 1.44 bits per heavy atom. The minimum atomic E-state index is -2.88. The molecule has 1 N–H and O–H groups in total. The van der Waals surface area contributed by atoms with E-state index in [2.05, 4.69) is 35.4 Å². The topological polar surface area (TPSA) is 72.0 Å². The van der Waals surface area contributed by atoms with E-state index in [-0.39, 0.29) is 10.7 Å². The molecule has 0 spiro atoms. The number of sulfone groups is 1. The first-order valence-corrected chi connectivity index (χ1v) is 8.57. The van der Waals surface area contributed by atoms with Crippen molar-refractivity contribution in [1.82, 2.24) is 9.36 Å². The molecule has 5 nitrogen and oxygen atoms in total. The van der Waals surface area contributed by atoms with Crippen molar-refractivity contribution in [3.8, 4) is 0 Å². The highest BCUT2D eigenvalue weighted by Crippen LogP contribution is 2.24. The highest BCUT2D eigenvalue weighted by Gasteiger charge is 2.31. The SMILES string of the molecule is CC(C)(C)c1nsc(NCC2CCCS2(=O)=O)n1. The van der Waals surface area contributed by atoms with Crippen LogP contribution in [0.4, 0.5) is 5.13 Å². The fraction of sp³-hybridized carbons (Fsp3) is 0.818. The summed E-state index contributed by atoms with van der Waals surface area (Å²) in [5, 5.41) is 3.55. The van der Waals surface area contributed by atoms with Crippen LogP contribution < -0.4 is 5.32 Å². The summed E-state index contributed by atoms with van der Waals surface area (Å²) < 4.78 is 27.6. The highest BCUT2D eigenvalue weighted by atomic mass is 32.2. The lowest BCUT2D eigenvalue weighted by Crippen LogP contribution is -2.25. The van der Waals surface area contributed by atoms with Crippen LogP contribution in [0, 0.1) is 0 Å². The average Bonchev–Trinajstić information content (AvgIpc) is 2.80. The Balaban J connectivity index is 1.97. The molecule has 1 aliphatic heterocycles. The van der Waals surface area contributed by atoms with E-state index in [1.165, 1.54) is 11.5 Å². The van der Waals surface area contributed by atoms with Crippen LogP contribution in [0.5, 0.6) is 0 Å². The van der Waals surface area contributed by atoms with Crippen LogP contribution >= 0.6 is 11.5 Å². The van der Waals surface area contributed by atoms with E-state index >= 15 is 0 Å². The molecule has 0 aliphatic carbocycles. The maximum Gasteiger partial charge on any atom is 0.202 e. The predicted octanol–water partition coefficient (Wildman–Crippen LogP) is 1.82. The molecule has 1 atom stereocenters. The summed E-state index contributed by atoms with van der Waals surface area (Å²) in [5.41, 5.74) is -0.0735. The monoisotopic (exact) mass is 289 g/mol. The maximum atomic E-state index is 11.7. The van der Waals surface area contributed by atoms with Crippen molar-refractivity contribution in [3.05, 3.63) is 5.82 Å². The standard InChI is InChI=1S/C11H19N3O2S2/c1-11(2,3)9-13-10(17-14-9)12-7-8-5-4-6-18(8,15)16/h8H,4-7H2,1-3H3,(H,12,13,14). The second-order valence-electron chi connectivity index (χ2n) is 5.69. The minimum absolute atomic E-state index is 0.0735. The van der Waals surface area contributed by atoms with Crippen molar-refractivity contribution in [1.29, 1.82) is 0 Å². The largest absolute Gasteiger partial charge is 0.359 e. The van der Waals surface area contributed by atoms with E-state index in [0.717, 1.165) is 18.7 Å². The molecule has 1 unspecified atom stereocenters. The van der Waals surface area contributed by atoms with Gasteiger partial charge in [-0.15, -0.1) is 0 Å². The first kappa shape index (κ1) is 13.7. The molecule has 2 rings (SSSR count). The maximum absolute atomic E-state index is 11.7. The lowest BCUT2D eigenvalue weighted by molar-refractivity contribution is 0.555. The third-order valence-corrected chi connectivity index (χ3v) is 5.99. The quantitative estimate of drug-likeness (QED) is 0.919. The van der Waals surface area contributed by atoms with E-state index in [4.69, 9.17) is 0 Å². The van der Waals surface area contributed by atoms with Gasteiger partial charge in [0.25, 0.3) is 0 Å². The fourth-order valence-electron chi connectivity index (χ4n) is 1.89. The van der Waals surface area contributed by atoms with Gasteiger partial charge in [-0.25, -0.2) is 13.4 Å². The zero-order chi connectivity index (χ0) is 13.4. The number of hydrogen-bond acceptors (Lipinski definition) is 6. The normalized spacial score (nSPS) is 23.2. The third-order valence-electron chi connectivity index (χ3n) is 3.04. The first-order chi connectivity index (χ1) is 8.29. The van der Waals surface area contributed by atoms with Gasteiger partial charge in [-0.3, -0.25) is 0 Å². The molecule has 2 heterocycles. The zero-order valence-electron chi connectivity index (χ0n) is 10.9. The molecule has 0 saturated carbocycles. The number of aromatic nitrogens is 2. The molecule has 0 bridgehead atoms. The van der Waals surface area contributed by atoms with Gasteiger partial charge in [-0.1, -0.05) is 20.8 Å². The van der Waals surface area contributed by atoms with Crippen LogP contribution in [0.3, 0.4) is 0 Å². The van der Waals surface area contributed by atoms with Gasteiger partial charge in [0.2, 0.25) is 5.13 Å². The van der Waals surface area contributed by atoms with E-state index in [0.29, 0.717) is 17.4 Å². The summed E-state index contributed by atoms with van der Waals surface area (Å²) in [5.74, 6) is 1.12. The molecule has 1 saturated heterocycles. The second kappa shape index (κ2) is 4.77. The average molecular weight is 289 g/mol. The second-order valence-corrected chi connectivity index (χ2v) is 8.84. The molecule has 0 amide bonds. The lowest BCUT2D eigenvalue weighted by atomic mass is 9.96. The summed E-state index contributed by atoms with van der Waals surface area (Å²) in [6, 6.07) is 0. The van der Waals surface area contributed by atoms with Crippen molar-refractivity contribution in [2.45, 2.75) is 44.3 Å². The van der Waals surface area contributed by atoms with Crippen molar-refractivity contribution < 1.29 is 8.42 Å². The van der Waals surface area contributed by atoms with Crippen molar-refractivity contribution in [3.63, 3.8) is 0 Å². The molecule has 7 heteroatoms. The van der Waals surface area contributed by atoms with Gasteiger partial charge < -0.3 is 5.32 Å². The third kappa shape index (κ3) is 3.00. The van der Waals surface area contributed by atoms with Gasteiger partial charge in [-0.2, -0.15) is 4.37 Å². The van der Waals surface area contributed by atoms with Gasteiger partial charge in [-0.05, 0) is 12.8 Å². The van der Waals surface area contributed by atoms with Crippen LogP contribution in [0.2, 0.25) is 0 Å². The van der Waals surface area contributed by atoms with Crippen molar-refractivity contribution in [2.75, 3.05) is 17.6 Å². The molecule has 0 aromatic carbocycles. The Hall–Kier alpha value is -0.690. The van der Waals surface area contributed by atoms with Crippen LogP contribution in [0.1, 0.15) is 39.4 Å². The lowest BCUT2D eigenvalue weighted by Gasteiger charge is -2.12. The summed E-state index contributed by atoms with van der Waals surface area (Å²) in [4.78, 5) is 4.39. The molecular weight excluding hydrogens is 270 g/mol. The number of hydrogen-bond donors (Lipinski definition) is 1. The molecule has 1 aromatic rings. The van der Waals surface area contributed by atoms with Crippen molar-refractivity contribution >= 4 is 26.5 Å². The molecular formula is C11H19N3O2S2. The van der Waals surface area contributed by atoms with Crippen LogP contribution in [0.25, 0.3) is 0 Å². The molecule has 0 radical (unpaired) electrons. The Labute approximate surface area is 112 Å². The fourth-order valence-corrected chi connectivity index (χ4v) is 4.42. The Morgan fingerprint density at radius 3 is 2.67 bits per heavy atom. The summed E-state index contributed by atoms with van der Waals surface area (Å²) in [6.45, 7) is 6.61. The van der Waals surface area contributed by atoms with Gasteiger partial charge in [0.15, 0.2) is 9.84 Å². The summed E-state index contributed by atoms with van der Waals surface area (Å²) in [7, 11) is -2.88. The van der Waals surface area contributed by atoms with E-state index < -0.39 is 9.84 Å². The number of nitrogens with one attached hydrogen (secondary N) is 1. The smallest absolute Gasteiger partial charge is 0.202 e. The number of rotatable bonds is 3. The molecule has 18 heavy (non-hydrogen) atoms. The Bertz CT molecular complexity index is 517. The number of nitrogens with zero attached hydrogens (tertiary/aromatic N) is 2. The Morgan fingerprint density at radius 2 is 2.17 bits per heavy atom. The van der Waals surface area contributed by atoms with E-state index in [1.807, 2.05) is 0 Å². The van der Waals surface area contributed by atoms with Gasteiger partial charge in [0.05, 0.1) is 11.0 Å². The molecule has 1 aromatic heterocycles. The first-order valence-electron chi connectivity index (χ1n) is 6.09. The minimum Gasteiger partial charge on any atom is -0.359 e. The van der Waals surface area contributed by atoms with Gasteiger partial charge in [0.1, 0.15) is 5.82 Å². The highest BCUT2D eigenvalue weighted by molar-refractivity contribution is 7.92. The van der Waals surface area contributed by atoms with Crippen molar-refractivity contribution in [2.24, 2.45) is 0 Å². The summed E-state index contributed by atoms with van der Waals surface area (Å²) in [6.07, 6.45) is 1.53. The molecule has 102 valence electrons. The van der Waals surface area contributed by atoms with Gasteiger partial charge in [0, 0.05) is 23.5 Å². The number of anilines is 1. The van der Waals surface area contributed by atoms with E-state index in [1.54, 1.807) is 0 Å². The predicted molar refractivity (Wildman–Crippen MR) is 73.9 cm³/mol. The van der Waals surface area contributed by atoms with E-state index in [9.17, 15) is 8.42 Å². The zero-order valence-corrected chi connectivity index (χ0v) is 12.6. The van der Waals surface area contributed by atoms with Crippen LogP contribution in [-0.4, -0.2) is 35.3 Å². The van der Waals surface area contributed by atoms with Crippen LogP contribution in [-0.2, 0) is 15.3 Å².